The second-order valence-corrected chi connectivity index (χ2v) is 9.14. The van der Waals surface area contributed by atoms with E-state index in [2.05, 4.69) is 30.3 Å². The number of ether oxygens (including phenoxy) is 3. The Morgan fingerprint density at radius 2 is 1.00 bits per heavy atom. The summed E-state index contributed by atoms with van der Waals surface area (Å²) < 4.78 is 19.5. The topological polar surface area (TPSA) is 47.9 Å². The predicted octanol–water partition coefficient (Wildman–Crippen LogP) is 6.84. The first-order valence-electron chi connectivity index (χ1n) is 13.1. The first-order chi connectivity index (χ1) is 18.8. The summed E-state index contributed by atoms with van der Waals surface area (Å²) in [6.45, 7) is 1.25. The molecule has 0 radical (unpaired) electrons. The van der Waals surface area contributed by atoms with E-state index in [1.807, 2.05) is 103 Å². The molecule has 0 fully saturated rings. The van der Waals surface area contributed by atoms with Crippen LogP contribution in [-0.4, -0.2) is 30.0 Å². The van der Waals surface area contributed by atoms with E-state index in [0.717, 1.165) is 22.3 Å². The van der Waals surface area contributed by atoms with Crippen molar-refractivity contribution in [3.63, 3.8) is 0 Å². The van der Waals surface area contributed by atoms with Crippen molar-refractivity contribution >= 4 is 6.08 Å². The Kier molecular flexibility index (Phi) is 11.3. The molecule has 38 heavy (non-hydrogen) atoms. The zero-order chi connectivity index (χ0) is 26.3. The summed E-state index contributed by atoms with van der Waals surface area (Å²) in [6, 6.07) is 40.4. The maximum absolute atomic E-state index is 9.97. The number of hydrogen-bond donors (Lipinski definition) is 1. The molecule has 0 saturated heterocycles. The maximum atomic E-state index is 9.97. The third kappa shape index (κ3) is 9.09. The van der Waals surface area contributed by atoms with Crippen molar-refractivity contribution in [1.29, 1.82) is 0 Å². The molecule has 4 rings (SSSR count). The van der Waals surface area contributed by atoms with Gasteiger partial charge >= 0.3 is 0 Å². The van der Waals surface area contributed by atoms with Crippen molar-refractivity contribution in [2.24, 2.45) is 0 Å². The third-order valence-corrected chi connectivity index (χ3v) is 6.26. The highest BCUT2D eigenvalue weighted by Gasteiger charge is 2.31. The van der Waals surface area contributed by atoms with Gasteiger partial charge in [0.2, 0.25) is 0 Å². The molecule has 4 nitrogen and oxygen atoms in total. The van der Waals surface area contributed by atoms with E-state index in [1.54, 1.807) is 0 Å². The van der Waals surface area contributed by atoms with Crippen LogP contribution in [0.3, 0.4) is 0 Å². The second kappa shape index (κ2) is 15.7. The lowest BCUT2D eigenvalue weighted by Gasteiger charge is -2.32. The quantitative estimate of drug-likeness (QED) is 0.191. The molecule has 0 aliphatic heterocycles. The van der Waals surface area contributed by atoms with Crippen LogP contribution in [0.15, 0.2) is 127 Å². The lowest BCUT2D eigenvalue weighted by Crippen LogP contribution is -2.42. The molecular formula is C34H36O4. The highest BCUT2D eigenvalue weighted by molar-refractivity contribution is 5.49. The van der Waals surface area contributed by atoms with Crippen LogP contribution >= 0.6 is 0 Å². The number of aliphatic hydroxyl groups is 1. The van der Waals surface area contributed by atoms with Gasteiger partial charge in [-0.05, 0) is 28.7 Å². The van der Waals surface area contributed by atoms with Gasteiger partial charge in [0.1, 0.15) is 12.2 Å². The molecular weight excluding hydrogens is 472 g/mol. The van der Waals surface area contributed by atoms with Gasteiger partial charge in [-0.2, -0.15) is 0 Å². The summed E-state index contributed by atoms with van der Waals surface area (Å²) >= 11 is 0. The normalized spacial score (nSPS) is 13.8. The Bertz CT molecular complexity index is 1180. The molecule has 4 heteroatoms. The predicted molar refractivity (Wildman–Crippen MR) is 152 cm³/mol. The van der Waals surface area contributed by atoms with E-state index in [4.69, 9.17) is 14.2 Å². The zero-order valence-electron chi connectivity index (χ0n) is 21.6. The monoisotopic (exact) mass is 508 g/mol. The molecule has 1 N–H and O–H groups in total. The Balaban J connectivity index is 1.60. The number of aliphatic hydroxyl groups excluding tert-OH is 1. The Hall–Kier alpha value is -3.54. The standard InChI is InChI=1S/C34H36O4/c35-24-23-33(37-26-30-17-9-3-10-18-30)34(38-27-31-19-11-4-12-20-31)32(22-21-28-13-5-1-6-14-28)36-25-29-15-7-2-8-16-29/h1-22,32-35H,23-27H2/b22-21-/t32-,33-,34-/m1/s1. The summed E-state index contributed by atoms with van der Waals surface area (Å²) in [5.74, 6) is 0. The number of rotatable bonds is 15. The largest absolute Gasteiger partial charge is 0.396 e. The molecule has 0 amide bonds. The molecule has 4 aromatic carbocycles. The average molecular weight is 509 g/mol. The van der Waals surface area contributed by atoms with Crippen LogP contribution in [0.2, 0.25) is 0 Å². The Labute approximate surface area is 226 Å². The van der Waals surface area contributed by atoms with E-state index in [-0.39, 0.29) is 12.7 Å². The van der Waals surface area contributed by atoms with Gasteiger partial charge in [0.15, 0.2) is 0 Å². The smallest absolute Gasteiger partial charge is 0.114 e. The van der Waals surface area contributed by atoms with Gasteiger partial charge in [0.25, 0.3) is 0 Å². The van der Waals surface area contributed by atoms with Crippen LogP contribution in [0.4, 0.5) is 0 Å². The van der Waals surface area contributed by atoms with Crippen LogP contribution in [0, 0.1) is 0 Å². The van der Waals surface area contributed by atoms with Crippen LogP contribution < -0.4 is 0 Å². The summed E-state index contributed by atoms with van der Waals surface area (Å²) in [7, 11) is 0. The van der Waals surface area contributed by atoms with E-state index >= 15 is 0 Å². The van der Waals surface area contributed by atoms with Crippen molar-refractivity contribution in [3.8, 4) is 0 Å². The van der Waals surface area contributed by atoms with Crippen LogP contribution in [0.25, 0.3) is 6.08 Å². The zero-order valence-corrected chi connectivity index (χ0v) is 21.6. The second-order valence-electron chi connectivity index (χ2n) is 9.14. The molecule has 0 saturated carbocycles. The molecule has 0 bridgehead atoms. The van der Waals surface area contributed by atoms with Crippen molar-refractivity contribution in [2.75, 3.05) is 6.61 Å². The van der Waals surface area contributed by atoms with Crippen LogP contribution in [0.5, 0.6) is 0 Å². The summed E-state index contributed by atoms with van der Waals surface area (Å²) in [5.41, 5.74) is 4.29. The Morgan fingerprint density at radius 3 is 1.50 bits per heavy atom. The summed E-state index contributed by atoms with van der Waals surface area (Å²) in [4.78, 5) is 0. The molecule has 0 aliphatic carbocycles. The van der Waals surface area contributed by atoms with Crippen LogP contribution in [0.1, 0.15) is 28.7 Å². The molecule has 3 atom stereocenters. The molecule has 4 aromatic rings. The van der Waals surface area contributed by atoms with Gasteiger partial charge in [-0.1, -0.05) is 133 Å². The minimum atomic E-state index is -0.449. The summed E-state index contributed by atoms with van der Waals surface area (Å²) in [6.07, 6.45) is 3.29. The van der Waals surface area contributed by atoms with Gasteiger partial charge < -0.3 is 19.3 Å². The fourth-order valence-electron chi connectivity index (χ4n) is 4.22. The molecule has 0 aliphatic rings. The molecule has 0 heterocycles. The number of hydrogen-bond acceptors (Lipinski definition) is 4. The van der Waals surface area contributed by atoms with Crippen LogP contribution in [-0.2, 0) is 34.0 Å². The third-order valence-electron chi connectivity index (χ3n) is 6.26. The van der Waals surface area contributed by atoms with Gasteiger partial charge in [-0.25, -0.2) is 0 Å². The fraction of sp³-hybridized carbons (Fsp3) is 0.235. The van der Waals surface area contributed by atoms with Crippen molar-refractivity contribution < 1.29 is 19.3 Å². The van der Waals surface area contributed by atoms with Gasteiger partial charge in [0.05, 0.1) is 25.9 Å². The van der Waals surface area contributed by atoms with Crippen molar-refractivity contribution in [3.05, 3.63) is 150 Å². The van der Waals surface area contributed by atoms with Gasteiger partial charge in [-0.3, -0.25) is 0 Å². The molecule has 196 valence electrons. The molecule has 0 aromatic heterocycles. The first-order valence-corrected chi connectivity index (χ1v) is 13.1. The van der Waals surface area contributed by atoms with E-state index in [9.17, 15) is 5.11 Å². The van der Waals surface area contributed by atoms with E-state index in [1.165, 1.54) is 0 Å². The van der Waals surface area contributed by atoms with Crippen molar-refractivity contribution in [2.45, 2.75) is 44.6 Å². The molecule has 0 spiro atoms. The first kappa shape index (κ1) is 27.5. The van der Waals surface area contributed by atoms with Gasteiger partial charge in [-0.15, -0.1) is 0 Å². The lowest BCUT2D eigenvalue weighted by atomic mass is 10.0. The number of benzene rings is 4. The van der Waals surface area contributed by atoms with Gasteiger partial charge in [0, 0.05) is 6.61 Å². The minimum Gasteiger partial charge on any atom is -0.396 e. The average Bonchev–Trinajstić information content (AvgIpc) is 2.99. The van der Waals surface area contributed by atoms with Crippen molar-refractivity contribution in [1.82, 2.24) is 0 Å². The van der Waals surface area contributed by atoms with E-state index in [0.29, 0.717) is 26.2 Å². The highest BCUT2D eigenvalue weighted by Crippen LogP contribution is 2.22. The highest BCUT2D eigenvalue weighted by atomic mass is 16.6. The fourth-order valence-corrected chi connectivity index (χ4v) is 4.22. The molecule has 0 unspecified atom stereocenters. The minimum absolute atomic E-state index is 0.0154. The van der Waals surface area contributed by atoms with E-state index < -0.39 is 12.2 Å². The Morgan fingerprint density at radius 1 is 0.553 bits per heavy atom. The SMILES string of the molecule is OCC[C@@H](OCc1ccccc1)[C@H](OCc1ccccc1)[C@@H](/C=C\c1ccccc1)OCc1ccccc1. The summed E-state index contributed by atoms with van der Waals surface area (Å²) in [5, 5.41) is 9.97. The lowest BCUT2D eigenvalue weighted by molar-refractivity contribution is -0.142. The maximum Gasteiger partial charge on any atom is 0.114 e.